The van der Waals surface area contributed by atoms with Crippen molar-refractivity contribution in [2.45, 2.75) is 26.3 Å². The summed E-state index contributed by atoms with van der Waals surface area (Å²) in [5, 5.41) is 12.6. The lowest BCUT2D eigenvalue weighted by Gasteiger charge is -2.31. The number of anilines is 1. The van der Waals surface area contributed by atoms with Crippen LogP contribution in [-0.4, -0.2) is 17.5 Å². The summed E-state index contributed by atoms with van der Waals surface area (Å²) in [6, 6.07) is 12.6. The van der Waals surface area contributed by atoms with Crippen LogP contribution in [-0.2, 0) is 13.0 Å². The summed E-state index contributed by atoms with van der Waals surface area (Å²) in [5.41, 5.74) is 3.00. The Bertz CT molecular complexity index is 633. The largest absolute Gasteiger partial charge is 0.411 e. The summed E-state index contributed by atoms with van der Waals surface area (Å²) < 4.78 is 0. The second-order valence-corrected chi connectivity index (χ2v) is 6.21. The van der Waals surface area contributed by atoms with Gasteiger partial charge in [-0.15, -0.1) is 11.3 Å². The third-order valence-corrected chi connectivity index (χ3v) is 4.92. The van der Waals surface area contributed by atoms with E-state index in [9.17, 15) is 0 Å². The molecule has 1 aromatic carbocycles. The van der Waals surface area contributed by atoms with Gasteiger partial charge in [-0.25, -0.2) is 0 Å². The molecule has 0 atom stereocenters. The van der Waals surface area contributed by atoms with Gasteiger partial charge in [0.15, 0.2) is 0 Å². The van der Waals surface area contributed by atoms with Crippen LogP contribution in [0.2, 0.25) is 0 Å². The van der Waals surface area contributed by atoms with Gasteiger partial charge in [0.1, 0.15) is 0 Å². The first-order chi connectivity index (χ1) is 9.81. The first-order valence-electron chi connectivity index (χ1n) is 6.94. The van der Waals surface area contributed by atoms with Gasteiger partial charge in [-0.2, -0.15) is 0 Å². The molecule has 4 heteroatoms. The molecule has 1 N–H and O–H groups in total. The molecule has 1 aromatic heterocycles. The fourth-order valence-corrected chi connectivity index (χ4v) is 3.62. The Morgan fingerprint density at radius 2 is 2.00 bits per heavy atom. The van der Waals surface area contributed by atoms with Crippen LogP contribution >= 0.6 is 11.3 Å². The molecule has 20 heavy (non-hydrogen) atoms. The van der Waals surface area contributed by atoms with E-state index >= 15 is 0 Å². The van der Waals surface area contributed by atoms with E-state index in [2.05, 4.69) is 35.2 Å². The normalized spacial score (nSPS) is 16.4. The van der Waals surface area contributed by atoms with Gasteiger partial charge in [0.05, 0.1) is 12.3 Å². The highest BCUT2D eigenvalue weighted by molar-refractivity contribution is 7.12. The lowest BCUT2D eigenvalue weighted by molar-refractivity contribution is 0.317. The summed E-state index contributed by atoms with van der Waals surface area (Å²) >= 11 is 1.89. The molecular weight excluding hydrogens is 268 g/mol. The van der Waals surface area contributed by atoms with Crippen LogP contribution in [0, 0.1) is 0 Å². The quantitative estimate of drug-likeness (QED) is 0.686. The van der Waals surface area contributed by atoms with Gasteiger partial charge >= 0.3 is 0 Å². The smallest absolute Gasteiger partial charge is 0.0906 e. The van der Waals surface area contributed by atoms with Crippen LogP contribution in [0.25, 0.3) is 0 Å². The highest BCUT2D eigenvalue weighted by Crippen LogP contribution is 2.30. The number of oxime groups is 1. The Balaban J connectivity index is 1.88. The van der Waals surface area contributed by atoms with E-state index in [4.69, 9.17) is 5.21 Å². The standard InChI is InChI=1S/C16H18N2OS/c1-2-12-7-8-13(20-12)11-18-10-9-15(17-19)14-5-3-4-6-16(14)18/h3-8,19H,2,9-11H2,1H3. The summed E-state index contributed by atoms with van der Waals surface area (Å²) in [6.07, 6.45) is 1.89. The first kappa shape index (κ1) is 13.2. The second kappa shape index (κ2) is 5.67. The molecule has 2 aromatic rings. The SMILES string of the molecule is CCc1ccc(CN2CCC(=NO)c3ccccc32)s1. The minimum Gasteiger partial charge on any atom is -0.411 e. The first-order valence-corrected chi connectivity index (χ1v) is 7.76. The van der Waals surface area contributed by atoms with Crippen LogP contribution in [0.1, 0.15) is 28.7 Å². The Kier molecular flexibility index (Phi) is 3.74. The van der Waals surface area contributed by atoms with E-state index in [-0.39, 0.29) is 0 Å². The molecular formula is C16H18N2OS. The fourth-order valence-electron chi connectivity index (χ4n) is 2.64. The van der Waals surface area contributed by atoms with Gasteiger partial charge in [0.2, 0.25) is 0 Å². The molecule has 0 bridgehead atoms. The van der Waals surface area contributed by atoms with Crippen molar-refractivity contribution >= 4 is 22.7 Å². The van der Waals surface area contributed by atoms with Crippen LogP contribution in [0.5, 0.6) is 0 Å². The van der Waals surface area contributed by atoms with Crippen molar-refractivity contribution in [1.82, 2.24) is 0 Å². The highest BCUT2D eigenvalue weighted by atomic mass is 32.1. The van der Waals surface area contributed by atoms with E-state index in [1.54, 1.807) is 0 Å². The van der Waals surface area contributed by atoms with Gasteiger partial charge in [-0.1, -0.05) is 30.3 Å². The van der Waals surface area contributed by atoms with Gasteiger partial charge < -0.3 is 10.1 Å². The van der Waals surface area contributed by atoms with Crippen molar-refractivity contribution < 1.29 is 5.21 Å². The minimum absolute atomic E-state index is 0.789. The molecule has 104 valence electrons. The topological polar surface area (TPSA) is 35.8 Å². The van der Waals surface area contributed by atoms with E-state index in [0.717, 1.165) is 42.9 Å². The molecule has 0 unspecified atom stereocenters. The lowest BCUT2D eigenvalue weighted by Crippen LogP contribution is -2.31. The zero-order chi connectivity index (χ0) is 13.9. The second-order valence-electron chi connectivity index (χ2n) is 4.96. The van der Waals surface area contributed by atoms with Crippen molar-refractivity contribution in [3.63, 3.8) is 0 Å². The van der Waals surface area contributed by atoms with Crippen LogP contribution in [0.15, 0.2) is 41.6 Å². The van der Waals surface area contributed by atoms with Gasteiger partial charge in [-0.05, 0) is 24.6 Å². The molecule has 0 saturated carbocycles. The molecule has 3 nitrogen and oxygen atoms in total. The number of para-hydroxylation sites is 1. The molecule has 1 aliphatic rings. The number of hydrogen-bond acceptors (Lipinski definition) is 4. The number of hydrogen-bond donors (Lipinski definition) is 1. The highest BCUT2D eigenvalue weighted by Gasteiger charge is 2.21. The number of rotatable bonds is 3. The minimum atomic E-state index is 0.789. The van der Waals surface area contributed by atoms with Gasteiger partial charge in [-0.3, -0.25) is 0 Å². The van der Waals surface area contributed by atoms with Crippen LogP contribution < -0.4 is 4.90 Å². The van der Waals surface area contributed by atoms with E-state index in [0.29, 0.717) is 0 Å². The lowest BCUT2D eigenvalue weighted by atomic mass is 9.99. The number of nitrogens with zero attached hydrogens (tertiary/aromatic N) is 2. The summed E-state index contributed by atoms with van der Waals surface area (Å²) in [5.74, 6) is 0. The zero-order valence-electron chi connectivity index (χ0n) is 11.5. The molecule has 1 aliphatic heterocycles. The van der Waals surface area contributed by atoms with Crippen molar-refractivity contribution in [3.05, 3.63) is 51.7 Å². The summed E-state index contributed by atoms with van der Waals surface area (Å²) in [4.78, 5) is 5.19. The number of benzene rings is 1. The average molecular weight is 286 g/mol. The van der Waals surface area contributed by atoms with E-state index in [1.165, 1.54) is 9.75 Å². The van der Waals surface area contributed by atoms with Crippen molar-refractivity contribution in [1.29, 1.82) is 0 Å². The molecule has 0 amide bonds. The maximum absolute atomic E-state index is 9.12. The predicted octanol–water partition coefficient (Wildman–Crippen LogP) is 3.90. The van der Waals surface area contributed by atoms with Crippen LogP contribution in [0.4, 0.5) is 5.69 Å². The Morgan fingerprint density at radius 3 is 2.75 bits per heavy atom. The maximum Gasteiger partial charge on any atom is 0.0906 e. The maximum atomic E-state index is 9.12. The Labute approximate surface area is 123 Å². The monoisotopic (exact) mass is 286 g/mol. The zero-order valence-corrected chi connectivity index (χ0v) is 12.4. The van der Waals surface area contributed by atoms with Crippen molar-refractivity contribution in [3.8, 4) is 0 Å². The van der Waals surface area contributed by atoms with E-state index in [1.807, 2.05) is 29.5 Å². The number of thiophene rings is 1. The molecule has 2 heterocycles. The summed E-state index contributed by atoms with van der Waals surface area (Å²) in [7, 11) is 0. The van der Waals surface area contributed by atoms with Gasteiger partial charge in [0, 0.05) is 34.0 Å². The third-order valence-electron chi connectivity index (χ3n) is 3.71. The molecule has 0 fully saturated rings. The number of aryl methyl sites for hydroxylation is 1. The number of fused-ring (bicyclic) bond motifs is 1. The average Bonchev–Trinajstić information content (AvgIpc) is 2.95. The third kappa shape index (κ3) is 2.43. The van der Waals surface area contributed by atoms with Gasteiger partial charge in [0.25, 0.3) is 0 Å². The Morgan fingerprint density at radius 1 is 1.20 bits per heavy atom. The molecule has 3 rings (SSSR count). The van der Waals surface area contributed by atoms with Crippen molar-refractivity contribution in [2.24, 2.45) is 5.16 Å². The molecule has 0 saturated heterocycles. The fraction of sp³-hybridized carbons (Fsp3) is 0.312. The molecule has 0 aliphatic carbocycles. The van der Waals surface area contributed by atoms with E-state index < -0.39 is 0 Å². The summed E-state index contributed by atoms with van der Waals surface area (Å²) in [6.45, 7) is 4.02. The predicted molar refractivity (Wildman–Crippen MR) is 84.1 cm³/mol. The molecule has 0 spiro atoms. The Hall–Kier alpha value is -1.81. The van der Waals surface area contributed by atoms with Crippen LogP contribution in [0.3, 0.4) is 0 Å². The molecule has 0 radical (unpaired) electrons. The van der Waals surface area contributed by atoms with Crippen molar-refractivity contribution in [2.75, 3.05) is 11.4 Å².